The molecule has 2 aromatic rings. The van der Waals surface area contributed by atoms with Crippen LogP contribution in [0.3, 0.4) is 0 Å². The van der Waals surface area contributed by atoms with Gasteiger partial charge in [-0.25, -0.2) is 4.79 Å². The van der Waals surface area contributed by atoms with E-state index in [9.17, 15) is 14.7 Å². The zero-order valence-electron chi connectivity index (χ0n) is 16.3. The predicted molar refractivity (Wildman–Crippen MR) is 107 cm³/mol. The standard InChI is InChI=1S/C21H25N3O5/c1-2-28-21(27)24-9-7-23(8-10-24)20(26)16-11-17(25)13-19(12-16)29-18-5-3-15(14-22)4-6-18/h3-6,11-13,25H,2,7-10,14,22H2,1H3. The van der Waals surface area contributed by atoms with Gasteiger partial charge in [0, 0.05) is 44.4 Å². The van der Waals surface area contributed by atoms with Crippen molar-refractivity contribution in [2.75, 3.05) is 32.8 Å². The Hall–Kier alpha value is -3.26. The van der Waals surface area contributed by atoms with E-state index in [1.54, 1.807) is 34.9 Å². The molecule has 3 N–H and O–H groups in total. The Morgan fingerprint density at radius 2 is 1.66 bits per heavy atom. The maximum Gasteiger partial charge on any atom is 0.409 e. The van der Waals surface area contributed by atoms with Crippen LogP contribution in [0.25, 0.3) is 0 Å². The Morgan fingerprint density at radius 1 is 1.00 bits per heavy atom. The second-order valence-electron chi connectivity index (χ2n) is 6.64. The monoisotopic (exact) mass is 399 g/mol. The molecule has 2 aromatic carbocycles. The quantitative estimate of drug-likeness (QED) is 0.801. The van der Waals surface area contributed by atoms with Crippen LogP contribution < -0.4 is 10.5 Å². The fraction of sp³-hybridized carbons (Fsp3) is 0.333. The average molecular weight is 399 g/mol. The van der Waals surface area contributed by atoms with Gasteiger partial charge >= 0.3 is 6.09 Å². The fourth-order valence-corrected chi connectivity index (χ4v) is 3.08. The fourth-order valence-electron chi connectivity index (χ4n) is 3.08. The number of nitrogens with zero attached hydrogens (tertiary/aromatic N) is 2. The number of phenols is 1. The maximum atomic E-state index is 12.9. The molecule has 1 saturated heterocycles. The molecule has 1 aliphatic heterocycles. The molecular weight excluding hydrogens is 374 g/mol. The lowest BCUT2D eigenvalue weighted by Gasteiger charge is -2.34. The van der Waals surface area contributed by atoms with E-state index < -0.39 is 0 Å². The SMILES string of the molecule is CCOC(=O)N1CCN(C(=O)c2cc(O)cc(Oc3ccc(CN)cc3)c2)CC1. The van der Waals surface area contributed by atoms with Crippen LogP contribution in [-0.2, 0) is 11.3 Å². The third-order valence-electron chi connectivity index (χ3n) is 4.63. The van der Waals surface area contributed by atoms with E-state index in [2.05, 4.69) is 0 Å². The number of piperazine rings is 1. The third-order valence-corrected chi connectivity index (χ3v) is 4.63. The van der Waals surface area contributed by atoms with Crippen LogP contribution in [0.15, 0.2) is 42.5 Å². The van der Waals surface area contributed by atoms with E-state index in [0.717, 1.165) is 5.56 Å². The number of ether oxygens (including phenoxy) is 2. The molecule has 1 heterocycles. The summed E-state index contributed by atoms with van der Waals surface area (Å²) in [6.07, 6.45) is -0.367. The van der Waals surface area contributed by atoms with Crippen molar-refractivity contribution in [1.82, 2.24) is 9.80 Å². The van der Waals surface area contributed by atoms with Crippen LogP contribution >= 0.6 is 0 Å². The minimum Gasteiger partial charge on any atom is -0.508 e. The van der Waals surface area contributed by atoms with Crippen LogP contribution in [0.2, 0.25) is 0 Å². The summed E-state index contributed by atoms with van der Waals surface area (Å²) >= 11 is 0. The van der Waals surface area contributed by atoms with E-state index in [0.29, 0.717) is 56.4 Å². The van der Waals surface area contributed by atoms with E-state index in [1.807, 2.05) is 12.1 Å². The van der Waals surface area contributed by atoms with Crippen molar-refractivity contribution >= 4 is 12.0 Å². The van der Waals surface area contributed by atoms with Gasteiger partial charge in [-0.1, -0.05) is 12.1 Å². The van der Waals surface area contributed by atoms with Crippen molar-refractivity contribution in [3.05, 3.63) is 53.6 Å². The normalized spacial score (nSPS) is 13.9. The molecule has 8 nitrogen and oxygen atoms in total. The largest absolute Gasteiger partial charge is 0.508 e. The number of carbonyl (C=O) groups excluding carboxylic acids is 2. The van der Waals surface area contributed by atoms with Crippen molar-refractivity contribution in [2.45, 2.75) is 13.5 Å². The Bertz CT molecular complexity index is 861. The van der Waals surface area contributed by atoms with Gasteiger partial charge in [-0.2, -0.15) is 0 Å². The van der Waals surface area contributed by atoms with E-state index in [-0.39, 0.29) is 17.7 Å². The number of phenolic OH excluding ortho intramolecular Hbond substituents is 1. The molecular formula is C21H25N3O5. The summed E-state index contributed by atoms with van der Waals surface area (Å²) in [6.45, 7) is 4.10. The molecule has 29 heavy (non-hydrogen) atoms. The first-order valence-corrected chi connectivity index (χ1v) is 9.52. The lowest BCUT2D eigenvalue weighted by molar-refractivity contribution is 0.0570. The molecule has 0 aliphatic carbocycles. The Kier molecular flexibility index (Phi) is 6.56. The zero-order chi connectivity index (χ0) is 20.8. The molecule has 154 valence electrons. The molecule has 0 unspecified atom stereocenters. The Labute approximate surface area is 169 Å². The highest BCUT2D eigenvalue weighted by Crippen LogP contribution is 2.28. The van der Waals surface area contributed by atoms with Gasteiger partial charge in [0.25, 0.3) is 5.91 Å². The van der Waals surface area contributed by atoms with Crippen LogP contribution in [0.4, 0.5) is 4.79 Å². The first-order chi connectivity index (χ1) is 14.0. The number of carbonyl (C=O) groups is 2. The van der Waals surface area contributed by atoms with Crippen molar-refractivity contribution in [1.29, 1.82) is 0 Å². The molecule has 0 saturated carbocycles. The second kappa shape index (κ2) is 9.29. The van der Waals surface area contributed by atoms with Crippen molar-refractivity contribution < 1.29 is 24.2 Å². The number of benzene rings is 2. The second-order valence-corrected chi connectivity index (χ2v) is 6.64. The highest BCUT2D eigenvalue weighted by Gasteiger charge is 2.26. The van der Waals surface area contributed by atoms with Gasteiger partial charge < -0.3 is 30.1 Å². The smallest absolute Gasteiger partial charge is 0.409 e. The summed E-state index contributed by atoms with van der Waals surface area (Å²) < 4.78 is 10.8. The molecule has 2 amide bonds. The van der Waals surface area contributed by atoms with E-state index in [4.69, 9.17) is 15.2 Å². The number of nitrogens with two attached hydrogens (primary N) is 1. The van der Waals surface area contributed by atoms with Gasteiger partial charge in [0.2, 0.25) is 0 Å². The summed E-state index contributed by atoms with van der Waals surface area (Å²) in [5.41, 5.74) is 6.89. The minimum atomic E-state index is -0.367. The molecule has 8 heteroatoms. The van der Waals surface area contributed by atoms with E-state index >= 15 is 0 Å². The van der Waals surface area contributed by atoms with Gasteiger partial charge in [-0.15, -0.1) is 0 Å². The molecule has 0 radical (unpaired) electrons. The molecule has 0 aromatic heterocycles. The molecule has 0 spiro atoms. The minimum absolute atomic E-state index is 0.0606. The molecule has 0 atom stereocenters. The summed E-state index contributed by atoms with van der Waals surface area (Å²) in [4.78, 5) is 27.9. The topological polar surface area (TPSA) is 105 Å². The summed E-state index contributed by atoms with van der Waals surface area (Å²) in [5, 5.41) is 10.0. The number of amides is 2. The van der Waals surface area contributed by atoms with Crippen LogP contribution in [0.1, 0.15) is 22.8 Å². The van der Waals surface area contributed by atoms with Gasteiger partial charge in [0.1, 0.15) is 17.2 Å². The van der Waals surface area contributed by atoms with Gasteiger partial charge in [0.15, 0.2) is 0 Å². The number of aromatic hydroxyl groups is 1. The van der Waals surface area contributed by atoms with E-state index in [1.165, 1.54) is 12.1 Å². The van der Waals surface area contributed by atoms with Crippen LogP contribution in [0.5, 0.6) is 17.2 Å². The Morgan fingerprint density at radius 3 is 2.28 bits per heavy atom. The van der Waals surface area contributed by atoms with Crippen molar-refractivity contribution in [2.24, 2.45) is 5.73 Å². The van der Waals surface area contributed by atoms with Gasteiger partial charge in [-0.3, -0.25) is 4.79 Å². The maximum absolute atomic E-state index is 12.9. The molecule has 1 aliphatic rings. The highest BCUT2D eigenvalue weighted by atomic mass is 16.6. The summed E-state index contributed by atoms with van der Waals surface area (Å²) in [5.74, 6) is 0.649. The summed E-state index contributed by atoms with van der Waals surface area (Å²) in [7, 11) is 0. The van der Waals surface area contributed by atoms with Crippen LogP contribution in [0, 0.1) is 0 Å². The first kappa shape index (κ1) is 20.5. The summed E-state index contributed by atoms with van der Waals surface area (Å²) in [6, 6.07) is 11.7. The molecule has 3 rings (SSSR count). The third kappa shape index (κ3) is 5.17. The number of hydrogen-bond donors (Lipinski definition) is 2. The molecule has 0 bridgehead atoms. The first-order valence-electron chi connectivity index (χ1n) is 9.52. The lowest BCUT2D eigenvalue weighted by Crippen LogP contribution is -2.50. The van der Waals surface area contributed by atoms with Crippen LogP contribution in [-0.4, -0.2) is 59.7 Å². The predicted octanol–water partition coefficient (Wildman–Crippen LogP) is 2.56. The number of rotatable bonds is 5. The Balaban J connectivity index is 1.67. The average Bonchev–Trinajstić information content (AvgIpc) is 2.73. The van der Waals surface area contributed by atoms with Crippen molar-refractivity contribution in [3.63, 3.8) is 0 Å². The van der Waals surface area contributed by atoms with Gasteiger partial charge in [0.05, 0.1) is 6.61 Å². The highest BCUT2D eigenvalue weighted by molar-refractivity contribution is 5.95. The van der Waals surface area contributed by atoms with Crippen molar-refractivity contribution in [3.8, 4) is 17.2 Å². The lowest BCUT2D eigenvalue weighted by atomic mass is 10.1. The zero-order valence-corrected chi connectivity index (χ0v) is 16.3. The van der Waals surface area contributed by atoms with Gasteiger partial charge in [-0.05, 0) is 36.8 Å². The number of hydrogen-bond acceptors (Lipinski definition) is 6. The molecule has 1 fully saturated rings.